The van der Waals surface area contributed by atoms with Crippen LogP contribution in [0.3, 0.4) is 0 Å². The minimum absolute atomic E-state index is 0.398. The van der Waals surface area contributed by atoms with Gasteiger partial charge in [0.15, 0.2) is 6.26 Å². The first-order valence-electron chi connectivity index (χ1n) is 4.25. The van der Waals surface area contributed by atoms with E-state index in [0.29, 0.717) is 11.3 Å². The first kappa shape index (κ1) is 9.26. The van der Waals surface area contributed by atoms with Crippen LogP contribution in [0.25, 0.3) is 5.57 Å². The molecule has 0 spiro atoms. The summed E-state index contributed by atoms with van der Waals surface area (Å²) in [6.07, 6.45) is 2.58. The summed E-state index contributed by atoms with van der Waals surface area (Å²) in [6.45, 7) is 0. The van der Waals surface area contributed by atoms with Crippen LogP contribution in [0.2, 0.25) is 0 Å². The molecular formula is C10H8N2O3. The molecule has 76 valence electrons. The molecular weight excluding hydrogens is 196 g/mol. The minimum Gasteiger partial charge on any atom is -0.411 e. The third-order valence-electron chi connectivity index (χ3n) is 1.89. The zero-order valence-electron chi connectivity index (χ0n) is 7.70. The summed E-state index contributed by atoms with van der Waals surface area (Å²) in [6, 6.07) is 9.46. The van der Waals surface area contributed by atoms with Crippen LogP contribution in [-0.4, -0.2) is 17.1 Å². The molecule has 1 aliphatic rings. The van der Waals surface area contributed by atoms with Gasteiger partial charge >= 0.3 is 0 Å². The molecule has 1 aliphatic heterocycles. The molecule has 0 saturated heterocycles. The summed E-state index contributed by atoms with van der Waals surface area (Å²) in [4.78, 5) is 9.02. The number of nitrogens with zero attached hydrogens (tertiary/aromatic N) is 2. The average Bonchev–Trinajstić information content (AvgIpc) is 2.31. The molecule has 1 aromatic carbocycles. The van der Waals surface area contributed by atoms with E-state index >= 15 is 0 Å². The highest BCUT2D eigenvalue weighted by Gasteiger charge is 2.13. The highest BCUT2D eigenvalue weighted by Crippen LogP contribution is 2.18. The van der Waals surface area contributed by atoms with E-state index in [-0.39, 0.29) is 0 Å². The number of benzene rings is 1. The third-order valence-corrected chi connectivity index (χ3v) is 1.89. The Bertz CT molecular complexity index is 424. The number of hydrogen-bond donors (Lipinski definition) is 1. The van der Waals surface area contributed by atoms with E-state index in [4.69, 9.17) is 5.21 Å². The van der Waals surface area contributed by atoms with E-state index in [1.165, 1.54) is 12.5 Å². The van der Waals surface area contributed by atoms with E-state index in [2.05, 4.69) is 20.2 Å². The van der Waals surface area contributed by atoms with Crippen molar-refractivity contribution in [2.45, 2.75) is 0 Å². The largest absolute Gasteiger partial charge is 0.411 e. The van der Waals surface area contributed by atoms with Crippen molar-refractivity contribution in [3.63, 3.8) is 0 Å². The highest BCUT2D eigenvalue weighted by molar-refractivity contribution is 6.50. The van der Waals surface area contributed by atoms with E-state index in [1.54, 1.807) is 0 Å². The Morgan fingerprint density at radius 3 is 2.80 bits per heavy atom. The Morgan fingerprint density at radius 2 is 2.07 bits per heavy atom. The zero-order chi connectivity index (χ0) is 10.5. The van der Waals surface area contributed by atoms with Crippen LogP contribution < -0.4 is 0 Å². The molecule has 5 heteroatoms. The van der Waals surface area contributed by atoms with Gasteiger partial charge in [-0.15, -0.1) is 0 Å². The molecule has 5 nitrogen and oxygen atoms in total. The van der Waals surface area contributed by atoms with Crippen molar-refractivity contribution in [2.75, 3.05) is 0 Å². The van der Waals surface area contributed by atoms with Gasteiger partial charge in [-0.2, -0.15) is 4.99 Å². The Kier molecular flexibility index (Phi) is 2.64. The topological polar surface area (TPSA) is 63.4 Å². The SMILES string of the molecule is ON=CC1=NOOC=C1c1ccccc1. The van der Waals surface area contributed by atoms with Gasteiger partial charge < -0.3 is 5.21 Å². The maximum absolute atomic E-state index is 8.45. The first-order valence-corrected chi connectivity index (χ1v) is 4.25. The molecule has 0 aliphatic carbocycles. The van der Waals surface area contributed by atoms with Gasteiger partial charge in [0.05, 0.1) is 11.8 Å². The standard InChI is InChI=1S/C10H8N2O3/c13-11-6-10-9(7-14-15-12-10)8-4-2-1-3-5-8/h1-7,13H. The fraction of sp³-hybridized carbons (Fsp3) is 0. The minimum atomic E-state index is 0.398. The lowest BCUT2D eigenvalue weighted by Gasteiger charge is -2.09. The van der Waals surface area contributed by atoms with E-state index in [1.807, 2.05) is 30.3 Å². The second-order valence-corrected chi connectivity index (χ2v) is 2.79. The van der Waals surface area contributed by atoms with Crippen molar-refractivity contribution in [2.24, 2.45) is 10.3 Å². The maximum Gasteiger partial charge on any atom is 0.155 e. The molecule has 1 N–H and O–H groups in total. The normalized spacial score (nSPS) is 15.2. The Labute approximate surface area is 85.8 Å². The maximum atomic E-state index is 8.45. The van der Waals surface area contributed by atoms with Crippen LogP contribution in [0, 0.1) is 0 Å². The Morgan fingerprint density at radius 1 is 1.27 bits per heavy atom. The number of allylic oxidation sites excluding steroid dienone is 1. The molecule has 0 amide bonds. The van der Waals surface area contributed by atoms with Crippen LogP contribution in [0.1, 0.15) is 5.56 Å². The molecule has 0 bridgehead atoms. The number of hydrogen-bond acceptors (Lipinski definition) is 5. The number of rotatable bonds is 2. The molecule has 0 aromatic heterocycles. The second kappa shape index (κ2) is 4.28. The van der Waals surface area contributed by atoms with Gasteiger partial charge in [0.2, 0.25) is 0 Å². The predicted molar refractivity (Wildman–Crippen MR) is 54.3 cm³/mol. The fourth-order valence-electron chi connectivity index (χ4n) is 1.22. The highest BCUT2D eigenvalue weighted by atomic mass is 17.3. The molecule has 0 saturated carbocycles. The van der Waals surface area contributed by atoms with Crippen molar-refractivity contribution < 1.29 is 15.1 Å². The summed E-state index contributed by atoms with van der Waals surface area (Å²) in [7, 11) is 0. The molecule has 1 heterocycles. The predicted octanol–water partition coefficient (Wildman–Crippen LogP) is 1.81. The van der Waals surface area contributed by atoms with Crippen molar-refractivity contribution in [1.82, 2.24) is 0 Å². The summed E-state index contributed by atoms with van der Waals surface area (Å²) >= 11 is 0. The lowest BCUT2D eigenvalue weighted by atomic mass is 10.0. The van der Waals surface area contributed by atoms with Crippen molar-refractivity contribution in [3.8, 4) is 0 Å². The van der Waals surface area contributed by atoms with Gasteiger partial charge in [0.25, 0.3) is 0 Å². The average molecular weight is 204 g/mol. The van der Waals surface area contributed by atoms with Crippen molar-refractivity contribution >= 4 is 17.5 Å². The van der Waals surface area contributed by atoms with Gasteiger partial charge in [-0.3, -0.25) is 4.89 Å². The van der Waals surface area contributed by atoms with Crippen LogP contribution in [0.5, 0.6) is 0 Å². The number of oxime groups is 2. The molecule has 1 aromatic rings. The van der Waals surface area contributed by atoms with E-state index in [0.717, 1.165) is 5.56 Å². The molecule has 0 atom stereocenters. The van der Waals surface area contributed by atoms with Crippen molar-refractivity contribution in [3.05, 3.63) is 42.2 Å². The smallest absolute Gasteiger partial charge is 0.155 e. The van der Waals surface area contributed by atoms with E-state index < -0.39 is 0 Å². The van der Waals surface area contributed by atoms with Gasteiger partial charge in [0.1, 0.15) is 5.71 Å². The van der Waals surface area contributed by atoms with Crippen LogP contribution in [0.4, 0.5) is 0 Å². The van der Waals surface area contributed by atoms with Crippen molar-refractivity contribution in [1.29, 1.82) is 0 Å². The Balaban J connectivity index is 2.36. The first-order chi connectivity index (χ1) is 7.42. The second-order valence-electron chi connectivity index (χ2n) is 2.79. The van der Waals surface area contributed by atoms with Gasteiger partial charge in [-0.05, 0) is 10.7 Å². The lowest BCUT2D eigenvalue weighted by Crippen LogP contribution is -2.09. The summed E-state index contributed by atoms with van der Waals surface area (Å²) in [5.74, 6) is 0. The monoisotopic (exact) mass is 204 g/mol. The molecule has 15 heavy (non-hydrogen) atoms. The molecule has 0 radical (unpaired) electrons. The van der Waals surface area contributed by atoms with Gasteiger partial charge in [-0.1, -0.05) is 35.5 Å². The quantitative estimate of drug-likeness (QED) is 0.346. The molecule has 0 unspecified atom stereocenters. The summed E-state index contributed by atoms with van der Waals surface area (Å²) < 4.78 is 0. The van der Waals surface area contributed by atoms with E-state index in [9.17, 15) is 0 Å². The lowest BCUT2D eigenvalue weighted by molar-refractivity contribution is -0.250. The van der Waals surface area contributed by atoms with Crippen LogP contribution >= 0.6 is 0 Å². The summed E-state index contributed by atoms with van der Waals surface area (Å²) in [5, 5.41) is 14.9. The van der Waals surface area contributed by atoms with Crippen LogP contribution in [-0.2, 0) is 9.88 Å². The molecule has 2 rings (SSSR count). The molecule has 0 fully saturated rings. The summed E-state index contributed by atoms with van der Waals surface area (Å²) in [5.41, 5.74) is 1.99. The third kappa shape index (κ3) is 1.96. The van der Waals surface area contributed by atoms with Crippen LogP contribution in [0.15, 0.2) is 46.9 Å². The zero-order valence-corrected chi connectivity index (χ0v) is 7.70. The van der Waals surface area contributed by atoms with Gasteiger partial charge in [-0.25, -0.2) is 0 Å². The fourth-order valence-corrected chi connectivity index (χ4v) is 1.22. The Hall–Kier alpha value is -2.30. The van der Waals surface area contributed by atoms with Gasteiger partial charge in [0, 0.05) is 0 Å².